The van der Waals surface area contributed by atoms with Gasteiger partial charge in [-0.15, -0.1) is 0 Å². The summed E-state index contributed by atoms with van der Waals surface area (Å²) in [5.41, 5.74) is -0.0141. The number of nitrogens with zero attached hydrogens (tertiary/aromatic N) is 2. The van der Waals surface area contributed by atoms with Gasteiger partial charge >= 0.3 is 0 Å². The zero-order valence-corrected chi connectivity index (χ0v) is 9.42. The maximum Gasteiger partial charge on any atom is 0.242 e. The summed E-state index contributed by atoms with van der Waals surface area (Å²) in [6, 6.07) is 2.01. The first kappa shape index (κ1) is 12.7. The largest absolute Gasteiger partial charge is 0.338 e. The van der Waals surface area contributed by atoms with Crippen LogP contribution in [-0.4, -0.2) is 23.9 Å². The summed E-state index contributed by atoms with van der Waals surface area (Å²) in [6.45, 7) is 11.9. The Morgan fingerprint density at radius 3 is 2.36 bits per heavy atom. The second-order valence-corrected chi connectivity index (χ2v) is 4.01. The van der Waals surface area contributed by atoms with Gasteiger partial charge in [0.2, 0.25) is 5.91 Å². The maximum atomic E-state index is 11.8. The Balaban J connectivity index is 4.64. The number of amides is 1. The van der Waals surface area contributed by atoms with Crippen molar-refractivity contribution in [2.24, 2.45) is 5.41 Å². The number of rotatable bonds is 4. The smallest absolute Gasteiger partial charge is 0.242 e. The van der Waals surface area contributed by atoms with E-state index in [1.807, 2.05) is 19.9 Å². The third-order valence-corrected chi connectivity index (χ3v) is 1.94. The second-order valence-electron chi connectivity index (χ2n) is 4.01. The molecular formula is C11H18N2O. The van der Waals surface area contributed by atoms with E-state index in [0.717, 1.165) is 5.57 Å². The van der Waals surface area contributed by atoms with Crippen molar-refractivity contribution < 1.29 is 4.79 Å². The zero-order valence-electron chi connectivity index (χ0n) is 9.42. The van der Waals surface area contributed by atoms with Crippen LogP contribution in [0, 0.1) is 16.7 Å². The van der Waals surface area contributed by atoms with Gasteiger partial charge in [-0.05, 0) is 27.7 Å². The molecule has 0 radical (unpaired) electrons. The van der Waals surface area contributed by atoms with Crippen LogP contribution in [0.4, 0.5) is 0 Å². The molecule has 0 aromatic carbocycles. The van der Waals surface area contributed by atoms with Crippen molar-refractivity contribution in [3.63, 3.8) is 0 Å². The van der Waals surface area contributed by atoms with E-state index in [-0.39, 0.29) is 5.91 Å². The minimum absolute atomic E-state index is 0.134. The molecule has 0 heterocycles. The van der Waals surface area contributed by atoms with Crippen molar-refractivity contribution >= 4 is 5.91 Å². The summed E-state index contributed by atoms with van der Waals surface area (Å²) in [5.74, 6) is -0.134. The topological polar surface area (TPSA) is 44.1 Å². The lowest BCUT2D eigenvalue weighted by molar-refractivity contribution is -0.136. The van der Waals surface area contributed by atoms with E-state index in [2.05, 4.69) is 6.58 Å². The molecule has 3 nitrogen and oxygen atoms in total. The van der Waals surface area contributed by atoms with Crippen LogP contribution in [0.3, 0.4) is 0 Å². The van der Waals surface area contributed by atoms with E-state index in [9.17, 15) is 4.79 Å². The normalized spacial score (nSPS) is 10.5. The lowest BCUT2D eigenvalue weighted by Gasteiger charge is -2.26. The summed E-state index contributed by atoms with van der Waals surface area (Å²) in [4.78, 5) is 13.5. The number of carbonyl (C=O) groups excluding carboxylic acids is 1. The molecule has 1 amide bonds. The van der Waals surface area contributed by atoms with Gasteiger partial charge in [-0.1, -0.05) is 12.2 Å². The minimum atomic E-state index is -0.939. The van der Waals surface area contributed by atoms with Gasteiger partial charge in [-0.3, -0.25) is 4.79 Å². The first-order valence-electron chi connectivity index (χ1n) is 4.70. The minimum Gasteiger partial charge on any atom is -0.338 e. The summed E-state index contributed by atoms with van der Waals surface area (Å²) in [5, 5.41) is 8.82. The fraction of sp³-hybridized carbons (Fsp3) is 0.636. The van der Waals surface area contributed by atoms with E-state index < -0.39 is 5.41 Å². The fourth-order valence-corrected chi connectivity index (χ4v) is 1.10. The van der Waals surface area contributed by atoms with Gasteiger partial charge in [-0.2, -0.15) is 5.26 Å². The Kier molecular flexibility index (Phi) is 4.36. The molecule has 0 spiro atoms. The van der Waals surface area contributed by atoms with Crippen LogP contribution >= 0.6 is 0 Å². The molecule has 0 fully saturated rings. The zero-order chi connectivity index (χ0) is 11.4. The molecule has 0 rings (SSSR count). The van der Waals surface area contributed by atoms with E-state index in [4.69, 9.17) is 5.26 Å². The van der Waals surface area contributed by atoms with Crippen molar-refractivity contribution in [2.75, 3.05) is 13.1 Å². The molecule has 0 saturated heterocycles. The van der Waals surface area contributed by atoms with Crippen molar-refractivity contribution in [2.45, 2.75) is 27.7 Å². The molecule has 0 unspecified atom stereocenters. The molecule has 0 N–H and O–H groups in total. The number of nitriles is 1. The predicted molar refractivity (Wildman–Crippen MR) is 56.5 cm³/mol. The third-order valence-electron chi connectivity index (χ3n) is 1.94. The van der Waals surface area contributed by atoms with Crippen LogP contribution in [0.15, 0.2) is 12.2 Å². The highest BCUT2D eigenvalue weighted by molar-refractivity contribution is 5.84. The monoisotopic (exact) mass is 194 g/mol. The molecule has 0 aliphatic rings. The quantitative estimate of drug-likeness (QED) is 0.642. The molecule has 0 aliphatic heterocycles. The fourth-order valence-electron chi connectivity index (χ4n) is 1.10. The van der Waals surface area contributed by atoms with Crippen molar-refractivity contribution in [3.8, 4) is 6.07 Å². The van der Waals surface area contributed by atoms with Crippen LogP contribution in [0.25, 0.3) is 0 Å². The average molecular weight is 194 g/mol. The second kappa shape index (κ2) is 4.80. The highest BCUT2D eigenvalue weighted by Gasteiger charge is 2.31. The van der Waals surface area contributed by atoms with Crippen LogP contribution < -0.4 is 0 Å². The van der Waals surface area contributed by atoms with Gasteiger partial charge in [0.05, 0.1) is 6.07 Å². The number of hydrogen-bond donors (Lipinski definition) is 0. The summed E-state index contributed by atoms with van der Waals surface area (Å²) >= 11 is 0. The molecular weight excluding hydrogens is 176 g/mol. The highest BCUT2D eigenvalue weighted by Crippen LogP contribution is 2.17. The van der Waals surface area contributed by atoms with Crippen molar-refractivity contribution in [1.29, 1.82) is 5.26 Å². The van der Waals surface area contributed by atoms with Crippen LogP contribution in [-0.2, 0) is 4.79 Å². The standard InChI is InChI=1S/C11H18N2O/c1-6-13(7-9(2)3)10(14)11(4,5)8-12/h2,6-7H2,1,3-5H3. The number of likely N-dealkylation sites (N-methyl/N-ethyl adjacent to an activating group) is 1. The Morgan fingerprint density at radius 2 is 2.07 bits per heavy atom. The van der Waals surface area contributed by atoms with Gasteiger partial charge in [0.25, 0.3) is 0 Å². The Bertz CT molecular complexity index is 274. The third kappa shape index (κ3) is 3.21. The maximum absolute atomic E-state index is 11.8. The van der Waals surface area contributed by atoms with Crippen molar-refractivity contribution in [1.82, 2.24) is 4.90 Å². The van der Waals surface area contributed by atoms with Crippen LogP contribution in [0.1, 0.15) is 27.7 Å². The molecule has 0 saturated carbocycles. The van der Waals surface area contributed by atoms with Crippen LogP contribution in [0.2, 0.25) is 0 Å². The van der Waals surface area contributed by atoms with Gasteiger partial charge in [0.1, 0.15) is 5.41 Å². The van der Waals surface area contributed by atoms with Gasteiger partial charge in [-0.25, -0.2) is 0 Å². The molecule has 0 aromatic heterocycles. The van der Waals surface area contributed by atoms with E-state index >= 15 is 0 Å². The Hall–Kier alpha value is -1.30. The molecule has 3 heteroatoms. The molecule has 78 valence electrons. The molecule has 14 heavy (non-hydrogen) atoms. The molecule has 0 aliphatic carbocycles. The SMILES string of the molecule is C=C(C)CN(CC)C(=O)C(C)(C)C#N. The number of carbonyl (C=O) groups is 1. The molecule has 0 atom stereocenters. The average Bonchev–Trinajstić information content (AvgIpc) is 2.12. The summed E-state index contributed by atoms with van der Waals surface area (Å²) in [7, 11) is 0. The summed E-state index contributed by atoms with van der Waals surface area (Å²) < 4.78 is 0. The molecule has 0 aromatic rings. The first-order valence-corrected chi connectivity index (χ1v) is 4.70. The molecule has 0 bridgehead atoms. The van der Waals surface area contributed by atoms with E-state index in [1.165, 1.54) is 0 Å². The Morgan fingerprint density at radius 1 is 1.57 bits per heavy atom. The van der Waals surface area contributed by atoms with E-state index in [0.29, 0.717) is 13.1 Å². The van der Waals surface area contributed by atoms with Crippen molar-refractivity contribution in [3.05, 3.63) is 12.2 Å². The number of hydrogen-bond acceptors (Lipinski definition) is 2. The highest BCUT2D eigenvalue weighted by atomic mass is 16.2. The lowest BCUT2D eigenvalue weighted by Crippen LogP contribution is -2.40. The van der Waals surface area contributed by atoms with Gasteiger partial charge < -0.3 is 4.90 Å². The van der Waals surface area contributed by atoms with Crippen LogP contribution in [0.5, 0.6) is 0 Å². The Labute approximate surface area is 86.0 Å². The lowest BCUT2D eigenvalue weighted by atomic mass is 9.93. The van der Waals surface area contributed by atoms with Gasteiger partial charge in [0, 0.05) is 13.1 Å². The van der Waals surface area contributed by atoms with Gasteiger partial charge in [0.15, 0.2) is 0 Å². The first-order chi connectivity index (χ1) is 6.35. The predicted octanol–water partition coefficient (Wildman–Crippen LogP) is 1.96. The van der Waals surface area contributed by atoms with E-state index in [1.54, 1.807) is 18.7 Å². The summed E-state index contributed by atoms with van der Waals surface area (Å²) in [6.07, 6.45) is 0.